The molecule has 1 aromatic rings. The van der Waals surface area contributed by atoms with E-state index < -0.39 is 0 Å². The highest BCUT2D eigenvalue weighted by Crippen LogP contribution is 2.35. The highest BCUT2D eigenvalue weighted by atomic mass is 28.2. The molecule has 0 saturated heterocycles. The number of rotatable bonds is 20. The van der Waals surface area contributed by atoms with Gasteiger partial charge in [-0.1, -0.05) is 165 Å². The lowest BCUT2D eigenvalue weighted by Crippen LogP contribution is -2.15. The maximum absolute atomic E-state index is 2.54. The molecule has 0 N–H and O–H groups in total. The molecule has 1 unspecified atom stereocenters. The molecule has 1 heteroatoms. The molecule has 0 spiro atoms. The van der Waals surface area contributed by atoms with Crippen LogP contribution in [0.5, 0.6) is 0 Å². The average Bonchev–Trinajstić information content (AvgIpc) is 2.85. The number of hydrogen-bond donors (Lipinski definition) is 0. The van der Waals surface area contributed by atoms with Crippen molar-refractivity contribution in [2.24, 2.45) is 17.8 Å². The Hall–Kier alpha value is -0.563. The standard InChI is InChI=1S/C32H58Si/c1-3-4-5-6-7-10-20-31-23-25-32(26-24-31)22-21-29(2)16-15-28-33-27-14-9-13-19-30-17-11-8-12-18-30/h8,11-12,17-18,29,31-32H,3-7,9-10,13-16,19-28,33H2,1-2H3. The van der Waals surface area contributed by atoms with Crippen molar-refractivity contribution in [1.29, 1.82) is 0 Å². The smallest absolute Gasteiger partial charge is 0.0197 e. The molecular formula is C32H58Si. The van der Waals surface area contributed by atoms with Crippen LogP contribution in [0, 0.1) is 17.8 Å². The summed E-state index contributed by atoms with van der Waals surface area (Å²) in [5.41, 5.74) is 1.52. The number of unbranched alkanes of at least 4 members (excludes halogenated alkanes) is 7. The Morgan fingerprint density at radius 1 is 0.697 bits per heavy atom. The zero-order chi connectivity index (χ0) is 23.4. The lowest BCUT2D eigenvalue weighted by Gasteiger charge is -2.29. The van der Waals surface area contributed by atoms with E-state index in [4.69, 9.17) is 0 Å². The lowest BCUT2D eigenvalue weighted by molar-refractivity contribution is 0.236. The third kappa shape index (κ3) is 15.1. The molecule has 2 rings (SSSR count). The van der Waals surface area contributed by atoms with E-state index in [1.54, 1.807) is 37.8 Å². The Bertz CT molecular complexity index is 531. The van der Waals surface area contributed by atoms with E-state index in [-0.39, 0.29) is 9.52 Å². The van der Waals surface area contributed by atoms with Crippen LogP contribution in [0.3, 0.4) is 0 Å². The molecule has 0 aromatic heterocycles. The van der Waals surface area contributed by atoms with Gasteiger partial charge in [-0.05, 0) is 36.2 Å². The molecule has 0 bridgehead atoms. The molecule has 190 valence electrons. The van der Waals surface area contributed by atoms with Crippen LogP contribution >= 0.6 is 0 Å². The van der Waals surface area contributed by atoms with E-state index >= 15 is 0 Å². The predicted molar refractivity (Wildman–Crippen MR) is 153 cm³/mol. The third-order valence-corrected chi connectivity index (χ3v) is 10.5. The van der Waals surface area contributed by atoms with Gasteiger partial charge in [-0.2, -0.15) is 0 Å². The van der Waals surface area contributed by atoms with Gasteiger partial charge in [0, 0.05) is 9.52 Å². The summed E-state index contributed by atoms with van der Waals surface area (Å²) < 4.78 is 0. The molecular weight excluding hydrogens is 412 g/mol. The highest BCUT2D eigenvalue weighted by Gasteiger charge is 2.21. The van der Waals surface area contributed by atoms with Crippen LogP contribution < -0.4 is 0 Å². The molecule has 0 amide bonds. The lowest BCUT2D eigenvalue weighted by atomic mass is 9.77. The average molecular weight is 471 g/mol. The molecule has 1 aliphatic carbocycles. The maximum atomic E-state index is 2.54. The van der Waals surface area contributed by atoms with Crippen LogP contribution in [-0.4, -0.2) is 9.52 Å². The summed E-state index contributed by atoms with van der Waals surface area (Å²) in [4.78, 5) is 0. The minimum absolute atomic E-state index is 0.225. The van der Waals surface area contributed by atoms with E-state index in [1.165, 1.54) is 102 Å². The molecule has 1 fully saturated rings. The summed E-state index contributed by atoms with van der Waals surface area (Å²) in [6.07, 6.45) is 28.2. The zero-order valence-electron chi connectivity index (χ0n) is 22.7. The van der Waals surface area contributed by atoms with Gasteiger partial charge < -0.3 is 0 Å². The molecule has 0 radical (unpaired) electrons. The van der Waals surface area contributed by atoms with Gasteiger partial charge in [0.25, 0.3) is 0 Å². The first-order valence-corrected chi connectivity index (χ1v) is 17.3. The van der Waals surface area contributed by atoms with Crippen LogP contribution in [0.1, 0.15) is 135 Å². The molecule has 33 heavy (non-hydrogen) atoms. The van der Waals surface area contributed by atoms with Crippen LogP contribution in [0.2, 0.25) is 12.1 Å². The Morgan fingerprint density at radius 3 is 2.09 bits per heavy atom. The van der Waals surface area contributed by atoms with Crippen molar-refractivity contribution in [3.05, 3.63) is 35.9 Å². The number of benzene rings is 1. The van der Waals surface area contributed by atoms with Crippen molar-refractivity contribution in [3.8, 4) is 0 Å². The molecule has 1 aliphatic rings. The van der Waals surface area contributed by atoms with Gasteiger partial charge >= 0.3 is 0 Å². The van der Waals surface area contributed by atoms with Crippen molar-refractivity contribution >= 4 is 9.52 Å². The second-order valence-electron chi connectivity index (χ2n) is 11.6. The molecule has 0 heterocycles. The molecule has 1 atom stereocenters. The SMILES string of the molecule is CCCCCCCCC1CCC(CCC(C)CCC[SiH2]CCCCCc2ccccc2)CC1. The highest BCUT2D eigenvalue weighted by molar-refractivity contribution is 6.35. The van der Waals surface area contributed by atoms with Crippen LogP contribution in [0.4, 0.5) is 0 Å². The molecule has 0 nitrogen and oxygen atoms in total. The second-order valence-corrected chi connectivity index (χ2v) is 13.7. The summed E-state index contributed by atoms with van der Waals surface area (Å²) in [6.45, 7) is 4.85. The van der Waals surface area contributed by atoms with Crippen molar-refractivity contribution in [2.45, 2.75) is 148 Å². The van der Waals surface area contributed by atoms with Gasteiger partial charge in [-0.25, -0.2) is 0 Å². The molecule has 1 aromatic carbocycles. The van der Waals surface area contributed by atoms with E-state index in [2.05, 4.69) is 44.2 Å². The first kappa shape index (κ1) is 28.7. The van der Waals surface area contributed by atoms with E-state index in [9.17, 15) is 0 Å². The van der Waals surface area contributed by atoms with Crippen LogP contribution in [-0.2, 0) is 6.42 Å². The fourth-order valence-electron chi connectivity index (χ4n) is 6.04. The van der Waals surface area contributed by atoms with Crippen molar-refractivity contribution in [1.82, 2.24) is 0 Å². The topological polar surface area (TPSA) is 0 Å². The minimum Gasteiger partial charge on any atom is -0.0654 e. The molecule has 1 saturated carbocycles. The zero-order valence-corrected chi connectivity index (χ0v) is 24.1. The Kier molecular flexibility index (Phi) is 17.1. The van der Waals surface area contributed by atoms with Gasteiger partial charge in [0.1, 0.15) is 0 Å². The summed E-state index contributed by atoms with van der Waals surface area (Å²) in [6, 6.07) is 14.2. The summed E-state index contributed by atoms with van der Waals surface area (Å²) in [7, 11) is 0.225. The van der Waals surface area contributed by atoms with Gasteiger partial charge in [0.15, 0.2) is 0 Å². The van der Waals surface area contributed by atoms with E-state index in [0.717, 1.165) is 17.8 Å². The Labute approximate surface area is 210 Å². The first-order chi connectivity index (χ1) is 16.3. The largest absolute Gasteiger partial charge is 0.0654 e. The van der Waals surface area contributed by atoms with E-state index in [1.807, 2.05) is 0 Å². The van der Waals surface area contributed by atoms with E-state index in [0.29, 0.717) is 0 Å². The van der Waals surface area contributed by atoms with Gasteiger partial charge in [0.05, 0.1) is 0 Å². The quantitative estimate of drug-likeness (QED) is 0.131. The second kappa shape index (κ2) is 19.7. The Balaban J connectivity index is 1.34. The normalized spacial score (nSPS) is 19.9. The van der Waals surface area contributed by atoms with Gasteiger partial charge in [-0.15, -0.1) is 0 Å². The summed E-state index contributed by atoms with van der Waals surface area (Å²) in [5.74, 6) is 3.12. The third-order valence-electron chi connectivity index (χ3n) is 8.51. The predicted octanol–water partition coefficient (Wildman–Crippen LogP) is 10.2. The fraction of sp³-hybridized carbons (Fsp3) is 0.812. The molecule has 0 aliphatic heterocycles. The monoisotopic (exact) mass is 470 g/mol. The van der Waals surface area contributed by atoms with Crippen LogP contribution in [0.15, 0.2) is 30.3 Å². The van der Waals surface area contributed by atoms with Crippen molar-refractivity contribution in [2.75, 3.05) is 0 Å². The van der Waals surface area contributed by atoms with Crippen molar-refractivity contribution < 1.29 is 0 Å². The first-order valence-electron chi connectivity index (χ1n) is 15.3. The van der Waals surface area contributed by atoms with Gasteiger partial charge in [0.2, 0.25) is 0 Å². The number of hydrogen-bond acceptors (Lipinski definition) is 0. The summed E-state index contributed by atoms with van der Waals surface area (Å²) >= 11 is 0. The van der Waals surface area contributed by atoms with Crippen molar-refractivity contribution in [3.63, 3.8) is 0 Å². The minimum atomic E-state index is 0.225. The Morgan fingerprint density at radius 2 is 1.33 bits per heavy atom. The number of aryl methyl sites for hydroxylation is 1. The van der Waals surface area contributed by atoms with Crippen LogP contribution in [0.25, 0.3) is 0 Å². The summed E-state index contributed by atoms with van der Waals surface area (Å²) in [5, 5.41) is 0. The van der Waals surface area contributed by atoms with Gasteiger partial charge in [-0.3, -0.25) is 0 Å². The fourth-order valence-corrected chi connectivity index (χ4v) is 7.74. The maximum Gasteiger partial charge on any atom is 0.0197 e.